The summed E-state index contributed by atoms with van der Waals surface area (Å²) in [4.78, 5) is 18.4. The first kappa shape index (κ1) is 18.8. The Morgan fingerprint density at radius 3 is 2.67 bits per heavy atom. The first-order chi connectivity index (χ1) is 12.9. The van der Waals surface area contributed by atoms with Gasteiger partial charge >= 0.3 is 0 Å². The van der Waals surface area contributed by atoms with Crippen molar-refractivity contribution >= 4 is 29.1 Å². The zero-order valence-corrected chi connectivity index (χ0v) is 15.7. The smallest absolute Gasteiger partial charge is 0.230 e. The van der Waals surface area contributed by atoms with Crippen LogP contribution in [0, 0.1) is 5.82 Å². The molecule has 3 rings (SSSR count). The largest absolute Gasteiger partial charge is 0.363 e. The molecule has 0 aliphatic rings. The van der Waals surface area contributed by atoms with E-state index in [9.17, 15) is 9.18 Å². The summed E-state index contributed by atoms with van der Waals surface area (Å²) in [5, 5.41) is 7.13. The van der Waals surface area contributed by atoms with Gasteiger partial charge in [0.15, 0.2) is 5.82 Å². The van der Waals surface area contributed by atoms with E-state index in [1.807, 2.05) is 31.1 Å². The number of rotatable bonds is 6. The lowest BCUT2D eigenvalue weighted by Gasteiger charge is -2.11. The van der Waals surface area contributed by atoms with Crippen molar-refractivity contribution < 1.29 is 9.18 Å². The summed E-state index contributed by atoms with van der Waals surface area (Å²) in [5.41, 5.74) is 1.63. The van der Waals surface area contributed by atoms with Crippen molar-refractivity contribution in [1.29, 1.82) is 0 Å². The van der Waals surface area contributed by atoms with Gasteiger partial charge in [-0.25, -0.2) is 9.37 Å². The van der Waals surface area contributed by atoms with Crippen LogP contribution in [0.4, 0.5) is 16.0 Å². The Kier molecular flexibility index (Phi) is 5.71. The van der Waals surface area contributed by atoms with Gasteiger partial charge in [-0.3, -0.25) is 9.48 Å². The summed E-state index contributed by atoms with van der Waals surface area (Å²) in [6.45, 7) is 0.422. The van der Waals surface area contributed by atoms with Crippen molar-refractivity contribution in [2.45, 2.75) is 13.0 Å². The third-order valence-electron chi connectivity index (χ3n) is 3.87. The summed E-state index contributed by atoms with van der Waals surface area (Å²) in [5.74, 6) is 0.649. The van der Waals surface area contributed by atoms with Gasteiger partial charge in [0.1, 0.15) is 11.6 Å². The molecule has 0 fully saturated rings. The van der Waals surface area contributed by atoms with Crippen LogP contribution in [0.1, 0.15) is 11.1 Å². The number of pyridine rings is 1. The number of nitrogens with zero attached hydrogens (tertiary/aromatic N) is 4. The third-order valence-corrected chi connectivity index (χ3v) is 4.16. The van der Waals surface area contributed by atoms with E-state index in [1.54, 1.807) is 35.3 Å². The van der Waals surface area contributed by atoms with Gasteiger partial charge in [0, 0.05) is 32.6 Å². The Labute approximate surface area is 161 Å². The topological polar surface area (TPSA) is 63.1 Å². The molecule has 0 saturated carbocycles. The van der Waals surface area contributed by atoms with Gasteiger partial charge in [0.2, 0.25) is 5.91 Å². The number of carbonyl (C=O) groups is 1. The second-order valence-corrected chi connectivity index (χ2v) is 6.70. The molecule has 6 nitrogen and oxygen atoms in total. The van der Waals surface area contributed by atoms with Gasteiger partial charge in [-0.1, -0.05) is 23.7 Å². The van der Waals surface area contributed by atoms with Gasteiger partial charge in [0.05, 0.1) is 18.0 Å². The normalized spacial score (nSPS) is 10.7. The Balaban J connectivity index is 1.58. The first-order valence-electron chi connectivity index (χ1n) is 8.30. The highest BCUT2D eigenvalue weighted by Gasteiger charge is 2.08. The van der Waals surface area contributed by atoms with Crippen LogP contribution < -0.4 is 10.2 Å². The number of amides is 1. The SMILES string of the molecule is CN(C)c1ccc(CC(=O)Nc2ccn(Cc3ccc(F)c(Cl)c3)n2)cn1. The molecule has 8 heteroatoms. The minimum atomic E-state index is -0.457. The summed E-state index contributed by atoms with van der Waals surface area (Å²) in [6, 6.07) is 9.96. The Morgan fingerprint density at radius 2 is 2.00 bits per heavy atom. The standard InChI is InChI=1S/C19H19ClFN5O/c1-25(2)18-6-4-13(11-22-18)10-19(27)23-17-7-8-26(24-17)12-14-3-5-16(21)15(20)9-14/h3-9,11H,10,12H2,1-2H3,(H,23,24,27). The van der Waals surface area contributed by atoms with Crippen molar-refractivity contribution in [3.05, 3.63) is 70.8 Å². The van der Waals surface area contributed by atoms with E-state index in [-0.39, 0.29) is 17.4 Å². The number of hydrogen-bond donors (Lipinski definition) is 1. The van der Waals surface area contributed by atoms with Crippen LogP contribution in [0.3, 0.4) is 0 Å². The number of hydrogen-bond acceptors (Lipinski definition) is 4. The summed E-state index contributed by atoms with van der Waals surface area (Å²) >= 11 is 5.79. The number of aromatic nitrogens is 3. The fourth-order valence-corrected chi connectivity index (χ4v) is 2.70. The maximum absolute atomic E-state index is 13.2. The Morgan fingerprint density at radius 1 is 1.22 bits per heavy atom. The van der Waals surface area contributed by atoms with Crippen molar-refractivity contribution in [3.63, 3.8) is 0 Å². The third kappa shape index (κ3) is 5.04. The molecule has 3 aromatic rings. The highest BCUT2D eigenvalue weighted by molar-refractivity contribution is 6.30. The zero-order chi connectivity index (χ0) is 19.4. The molecule has 140 valence electrons. The summed E-state index contributed by atoms with van der Waals surface area (Å²) < 4.78 is 14.9. The molecule has 0 unspecified atom stereocenters. The Bertz CT molecular complexity index is 940. The van der Waals surface area contributed by atoms with Crippen LogP contribution in [0.25, 0.3) is 0 Å². The molecular formula is C19H19ClFN5O. The molecule has 0 atom stereocenters. The lowest BCUT2D eigenvalue weighted by atomic mass is 10.2. The van der Waals surface area contributed by atoms with E-state index in [1.165, 1.54) is 6.07 Å². The molecular weight excluding hydrogens is 369 g/mol. The average Bonchev–Trinajstić information content (AvgIpc) is 3.05. The maximum atomic E-state index is 13.2. The van der Waals surface area contributed by atoms with Crippen molar-refractivity contribution in [3.8, 4) is 0 Å². The fourth-order valence-electron chi connectivity index (χ4n) is 2.50. The van der Waals surface area contributed by atoms with Gasteiger partial charge in [-0.05, 0) is 29.3 Å². The van der Waals surface area contributed by atoms with Gasteiger partial charge < -0.3 is 10.2 Å². The lowest BCUT2D eigenvalue weighted by Crippen LogP contribution is -2.16. The van der Waals surface area contributed by atoms with Crippen molar-refractivity contribution in [2.75, 3.05) is 24.3 Å². The van der Waals surface area contributed by atoms with Crippen LogP contribution in [0.15, 0.2) is 48.8 Å². The van der Waals surface area contributed by atoms with Crippen LogP contribution >= 0.6 is 11.6 Å². The second kappa shape index (κ2) is 8.18. The number of benzene rings is 1. The molecule has 0 aliphatic heterocycles. The quantitative estimate of drug-likeness (QED) is 0.704. The monoisotopic (exact) mass is 387 g/mol. The summed E-state index contributed by atoms with van der Waals surface area (Å²) in [6.07, 6.45) is 3.63. The average molecular weight is 388 g/mol. The molecule has 2 aromatic heterocycles. The Hall–Kier alpha value is -2.93. The zero-order valence-electron chi connectivity index (χ0n) is 15.0. The molecule has 27 heavy (non-hydrogen) atoms. The van der Waals surface area contributed by atoms with Crippen LogP contribution in [0.2, 0.25) is 5.02 Å². The van der Waals surface area contributed by atoms with E-state index >= 15 is 0 Å². The molecule has 1 aromatic carbocycles. The van der Waals surface area contributed by atoms with E-state index in [4.69, 9.17) is 11.6 Å². The molecule has 1 amide bonds. The molecule has 1 N–H and O–H groups in total. The van der Waals surface area contributed by atoms with Gasteiger partial charge in [-0.15, -0.1) is 0 Å². The number of carbonyl (C=O) groups excluding carboxylic acids is 1. The predicted molar refractivity (Wildman–Crippen MR) is 104 cm³/mol. The van der Waals surface area contributed by atoms with E-state index in [0.717, 1.165) is 16.9 Å². The van der Waals surface area contributed by atoms with Crippen molar-refractivity contribution in [2.24, 2.45) is 0 Å². The van der Waals surface area contributed by atoms with Crippen LogP contribution in [-0.2, 0) is 17.8 Å². The molecule has 0 spiro atoms. The van der Waals surface area contributed by atoms with E-state index in [2.05, 4.69) is 15.4 Å². The lowest BCUT2D eigenvalue weighted by molar-refractivity contribution is -0.115. The highest BCUT2D eigenvalue weighted by Crippen LogP contribution is 2.17. The van der Waals surface area contributed by atoms with E-state index in [0.29, 0.717) is 12.4 Å². The van der Waals surface area contributed by atoms with Crippen LogP contribution in [0.5, 0.6) is 0 Å². The number of nitrogens with one attached hydrogen (secondary N) is 1. The predicted octanol–water partition coefficient (Wildman–Crippen LogP) is 3.37. The molecule has 0 bridgehead atoms. The molecule has 0 radical (unpaired) electrons. The van der Waals surface area contributed by atoms with Crippen molar-refractivity contribution in [1.82, 2.24) is 14.8 Å². The maximum Gasteiger partial charge on any atom is 0.230 e. The number of halogens is 2. The molecule has 0 saturated heterocycles. The first-order valence-corrected chi connectivity index (χ1v) is 8.68. The highest BCUT2D eigenvalue weighted by atomic mass is 35.5. The van der Waals surface area contributed by atoms with Crippen LogP contribution in [-0.4, -0.2) is 34.8 Å². The fraction of sp³-hybridized carbons (Fsp3) is 0.211. The minimum absolute atomic E-state index is 0.0714. The molecule has 0 aliphatic carbocycles. The second-order valence-electron chi connectivity index (χ2n) is 6.29. The molecule has 2 heterocycles. The minimum Gasteiger partial charge on any atom is -0.363 e. The number of anilines is 2. The summed E-state index contributed by atoms with van der Waals surface area (Å²) in [7, 11) is 3.82. The van der Waals surface area contributed by atoms with Gasteiger partial charge in [-0.2, -0.15) is 5.10 Å². The van der Waals surface area contributed by atoms with Gasteiger partial charge in [0.25, 0.3) is 0 Å². The van der Waals surface area contributed by atoms with E-state index < -0.39 is 5.82 Å².